The summed E-state index contributed by atoms with van der Waals surface area (Å²) < 4.78 is 0. The van der Waals surface area contributed by atoms with Crippen LogP contribution in [0.2, 0.25) is 0 Å². The van der Waals surface area contributed by atoms with Crippen molar-refractivity contribution in [2.75, 3.05) is 18.4 Å². The van der Waals surface area contributed by atoms with Gasteiger partial charge in [0.05, 0.1) is 0 Å². The predicted octanol–water partition coefficient (Wildman–Crippen LogP) is 3.14. The summed E-state index contributed by atoms with van der Waals surface area (Å²) in [7, 11) is 0. The van der Waals surface area contributed by atoms with Crippen molar-refractivity contribution in [1.29, 1.82) is 0 Å². The number of hydrogen-bond acceptors (Lipinski definition) is 2. The smallest absolute Gasteiger partial charge is 0.224 e. The summed E-state index contributed by atoms with van der Waals surface area (Å²) in [6.07, 6.45) is 2.96. The second kappa shape index (κ2) is 6.71. The first kappa shape index (κ1) is 14.1. The van der Waals surface area contributed by atoms with Gasteiger partial charge >= 0.3 is 0 Å². The zero-order valence-electron chi connectivity index (χ0n) is 11.9. The number of carbonyl (C=O) groups excluding carboxylic acids is 1. The maximum atomic E-state index is 12.1. The number of nitrogens with one attached hydrogen (secondary N) is 2. The third-order valence-electron chi connectivity index (χ3n) is 3.73. The zero-order valence-corrected chi connectivity index (χ0v) is 11.9. The van der Waals surface area contributed by atoms with Gasteiger partial charge in [-0.25, -0.2) is 0 Å². The van der Waals surface area contributed by atoms with Crippen molar-refractivity contribution in [2.45, 2.75) is 39.0 Å². The van der Waals surface area contributed by atoms with Crippen LogP contribution in [0.25, 0.3) is 0 Å². The van der Waals surface area contributed by atoms with E-state index in [4.69, 9.17) is 0 Å². The summed E-state index contributed by atoms with van der Waals surface area (Å²) in [6.45, 7) is 6.36. The lowest BCUT2D eigenvalue weighted by Gasteiger charge is -2.22. The van der Waals surface area contributed by atoms with E-state index in [-0.39, 0.29) is 5.91 Å². The highest BCUT2D eigenvalue weighted by Crippen LogP contribution is 2.24. The van der Waals surface area contributed by atoms with Crippen LogP contribution in [-0.2, 0) is 4.79 Å². The van der Waals surface area contributed by atoms with Crippen molar-refractivity contribution >= 4 is 11.6 Å². The average Bonchev–Trinajstić information content (AvgIpc) is 2.40. The molecule has 3 nitrogen and oxygen atoms in total. The fourth-order valence-corrected chi connectivity index (χ4v) is 2.68. The molecule has 1 fully saturated rings. The third kappa shape index (κ3) is 4.06. The second-order valence-electron chi connectivity index (χ2n) is 5.71. The van der Waals surface area contributed by atoms with Crippen LogP contribution < -0.4 is 10.6 Å². The SMILES string of the molecule is CC(C)c1ccccc1NC(=O)CC1CCCNC1. The highest BCUT2D eigenvalue weighted by atomic mass is 16.1. The van der Waals surface area contributed by atoms with Gasteiger partial charge in [-0.15, -0.1) is 0 Å². The average molecular weight is 260 g/mol. The molecular formula is C16H24N2O. The molecule has 0 radical (unpaired) electrons. The Morgan fingerprint density at radius 2 is 2.21 bits per heavy atom. The number of anilines is 1. The molecule has 0 bridgehead atoms. The third-order valence-corrected chi connectivity index (χ3v) is 3.73. The number of piperidine rings is 1. The van der Waals surface area contributed by atoms with Gasteiger partial charge in [-0.2, -0.15) is 0 Å². The van der Waals surface area contributed by atoms with Gasteiger partial charge in [-0.3, -0.25) is 4.79 Å². The van der Waals surface area contributed by atoms with E-state index in [1.807, 2.05) is 18.2 Å². The Morgan fingerprint density at radius 1 is 1.42 bits per heavy atom. The summed E-state index contributed by atoms with van der Waals surface area (Å²) in [4.78, 5) is 12.1. The molecule has 0 aliphatic carbocycles. The molecule has 19 heavy (non-hydrogen) atoms. The molecule has 1 atom stereocenters. The van der Waals surface area contributed by atoms with Gasteiger partial charge in [-0.05, 0) is 49.4 Å². The van der Waals surface area contributed by atoms with Crippen molar-refractivity contribution < 1.29 is 4.79 Å². The first-order valence-electron chi connectivity index (χ1n) is 7.26. The molecule has 1 aromatic carbocycles. The fraction of sp³-hybridized carbons (Fsp3) is 0.562. The summed E-state index contributed by atoms with van der Waals surface area (Å²) in [5.74, 6) is 1.05. The van der Waals surface area contributed by atoms with Crippen LogP contribution in [0.4, 0.5) is 5.69 Å². The van der Waals surface area contributed by atoms with Crippen LogP contribution in [0.1, 0.15) is 44.6 Å². The van der Waals surface area contributed by atoms with Crippen molar-refractivity contribution in [3.05, 3.63) is 29.8 Å². The van der Waals surface area contributed by atoms with E-state index < -0.39 is 0 Å². The van der Waals surface area contributed by atoms with E-state index in [0.717, 1.165) is 25.2 Å². The Morgan fingerprint density at radius 3 is 2.89 bits per heavy atom. The van der Waals surface area contributed by atoms with Crippen molar-refractivity contribution in [3.8, 4) is 0 Å². The standard InChI is InChI=1S/C16H24N2O/c1-12(2)14-7-3-4-8-15(14)18-16(19)10-13-6-5-9-17-11-13/h3-4,7-8,12-13,17H,5-6,9-11H2,1-2H3,(H,18,19). The van der Waals surface area contributed by atoms with Crippen LogP contribution in [-0.4, -0.2) is 19.0 Å². The van der Waals surface area contributed by atoms with E-state index in [9.17, 15) is 4.79 Å². The molecule has 1 saturated heterocycles. The monoisotopic (exact) mass is 260 g/mol. The van der Waals surface area contributed by atoms with Crippen LogP contribution in [0, 0.1) is 5.92 Å². The molecule has 2 rings (SSSR count). The maximum Gasteiger partial charge on any atom is 0.224 e. The lowest BCUT2D eigenvalue weighted by Crippen LogP contribution is -2.32. The number of carbonyl (C=O) groups is 1. The maximum absolute atomic E-state index is 12.1. The molecule has 0 spiro atoms. The molecule has 1 amide bonds. The highest BCUT2D eigenvalue weighted by molar-refractivity contribution is 5.91. The number of para-hydroxylation sites is 1. The molecule has 1 heterocycles. The van der Waals surface area contributed by atoms with Crippen LogP contribution >= 0.6 is 0 Å². The summed E-state index contributed by atoms with van der Waals surface area (Å²) in [6, 6.07) is 8.08. The number of rotatable bonds is 4. The Kier molecular flexibility index (Phi) is 4.97. The quantitative estimate of drug-likeness (QED) is 0.873. The molecule has 1 aliphatic heterocycles. The predicted molar refractivity (Wildman–Crippen MR) is 79.4 cm³/mol. The molecule has 0 saturated carbocycles. The van der Waals surface area contributed by atoms with E-state index in [2.05, 4.69) is 30.5 Å². The Hall–Kier alpha value is -1.35. The number of benzene rings is 1. The highest BCUT2D eigenvalue weighted by Gasteiger charge is 2.17. The van der Waals surface area contributed by atoms with Gasteiger partial charge in [0.25, 0.3) is 0 Å². The molecule has 1 aromatic rings. The Balaban J connectivity index is 1.94. The van der Waals surface area contributed by atoms with Gasteiger partial charge in [0.2, 0.25) is 5.91 Å². The zero-order chi connectivity index (χ0) is 13.7. The van der Waals surface area contributed by atoms with E-state index in [0.29, 0.717) is 18.3 Å². The molecule has 104 valence electrons. The summed E-state index contributed by atoms with van der Waals surface area (Å²) in [5.41, 5.74) is 2.17. The summed E-state index contributed by atoms with van der Waals surface area (Å²) >= 11 is 0. The Labute approximate surface area is 115 Å². The van der Waals surface area contributed by atoms with Crippen molar-refractivity contribution in [1.82, 2.24) is 5.32 Å². The molecular weight excluding hydrogens is 236 g/mol. The van der Waals surface area contributed by atoms with Gasteiger partial charge < -0.3 is 10.6 Å². The van der Waals surface area contributed by atoms with Gasteiger partial charge in [0.1, 0.15) is 0 Å². The number of amides is 1. The Bertz CT molecular complexity index is 423. The van der Waals surface area contributed by atoms with Gasteiger partial charge in [0, 0.05) is 12.1 Å². The first-order valence-corrected chi connectivity index (χ1v) is 7.26. The normalized spacial score (nSPS) is 19.4. The molecule has 1 aliphatic rings. The minimum atomic E-state index is 0.141. The minimum Gasteiger partial charge on any atom is -0.326 e. The minimum absolute atomic E-state index is 0.141. The van der Waals surface area contributed by atoms with Gasteiger partial charge in [0.15, 0.2) is 0 Å². The van der Waals surface area contributed by atoms with E-state index in [1.54, 1.807) is 0 Å². The second-order valence-corrected chi connectivity index (χ2v) is 5.71. The summed E-state index contributed by atoms with van der Waals surface area (Å²) in [5, 5.41) is 6.43. The van der Waals surface area contributed by atoms with Crippen LogP contribution in [0.15, 0.2) is 24.3 Å². The van der Waals surface area contributed by atoms with Crippen molar-refractivity contribution in [2.24, 2.45) is 5.92 Å². The topological polar surface area (TPSA) is 41.1 Å². The molecule has 0 aromatic heterocycles. The van der Waals surface area contributed by atoms with Crippen molar-refractivity contribution in [3.63, 3.8) is 0 Å². The van der Waals surface area contributed by atoms with E-state index in [1.165, 1.54) is 12.0 Å². The van der Waals surface area contributed by atoms with Crippen LogP contribution in [0.3, 0.4) is 0 Å². The molecule has 2 N–H and O–H groups in total. The van der Waals surface area contributed by atoms with Crippen LogP contribution in [0.5, 0.6) is 0 Å². The van der Waals surface area contributed by atoms with E-state index >= 15 is 0 Å². The number of hydrogen-bond donors (Lipinski definition) is 2. The van der Waals surface area contributed by atoms with Gasteiger partial charge in [-0.1, -0.05) is 32.0 Å². The largest absolute Gasteiger partial charge is 0.326 e. The first-order chi connectivity index (χ1) is 9.16. The fourth-order valence-electron chi connectivity index (χ4n) is 2.68. The lowest BCUT2D eigenvalue weighted by molar-refractivity contribution is -0.117. The molecule has 1 unspecified atom stereocenters. The lowest BCUT2D eigenvalue weighted by atomic mass is 9.95. The molecule has 3 heteroatoms.